The third-order valence-corrected chi connectivity index (χ3v) is 5.93. The fourth-order valence-electron chi connectivity index (χ4n) is 2.72. The summed E-state index contributed by atoms with van der Waals surface area (Å²) < 4.78 is 1.15. The molecule has 0 aliphatic carbocycles. The summed E-state index contributed by atoms with van der Waals surface area (Å²) in [5.74, 6) is 2.10. The van der Waals surface area contributed by atoms with Crippen LogP contribution in [0.15, 0.2) is 45.2 Å². The Labute approximate surface area is 169 Å². The number of nitrogens with one attached hydrogen (secondary N) is 1. The molecule has 2 aromatic rings. The maximum atomic E-state index is 4.45. The molecule has 0 unspecified atom stereocenters. The first-order valence-electron chi connectivity index (χ1n) is 7.91. The Hall–Kier alpha value is -0.800. The largest absolute Gasteiger partial charge is 0.356 e. The number of nitrogens with zero attached hydrogens (tertiary/aromatic N) is 3. The van der Waals surface area contributed by atoms with Crippen molar-refractivity contribution in [3.63, 3.8) is 0 Å². The second-order valence-electron chi connectivity index (χ2n) is 5.41. The second kappa shape index (κ2) is 10.2. The van der Waals surface area contributed by atoms with Gasteiger partial charge in [0.1, 0.15) is 4.34 Å². The average Bonchev–Trinajstić information content (AvgIpc) is 3.11. The molecule has 3 rings (SSSR count). The summed E-state index contributed by atoms with van der Waals surface area (Å²) in [7, 11) is 1.87. The summed E-state index contributed by atoms with van der Waals surface area (Å²) in [6, 6.07) is 8.70. The molecule has 1 aromatic heterocycles. The lowest BCUT2D eigenvalue weighted by molar-refractivity contribution is 0.379. The van der Waals surface area contributed by atoms with Crippen LogP contribution in [0.5, 0.6) is 0 Å². The first kappa shape index (κ1) is 19.5. The minimum atomic E-state index is 0. The SMILES string of the molecule is CN=C(NCCCSc1nccs1)N1CCc2ccccc2C1.I. The molecule has 4 nitrogen and oxygen atoms in total. The topological polar surface area (TPSA) is 40.5 Å². The predicted molar refractivity (Wildman–Crippen MR) is 115 cm³/mol. The molecule has 7 heteroatoms. The highest BCUT2D eigenvalue weighted by Crippen LogP contribution is 2.21. The molecule has 0 radical (unpaired) electrons. The molecule has 1 N–H and O–H groups in total. The van der Waals surface area contributed by atoms with Crippen LogP contribution in [0.3, 0.4) is 0 Å². The number of guanidine groups is 1. The third kappa shape index (κ3) is 5.35. The summed E-state index contributed by atoms with van der Waals surface area (Å²) in [5.41, 5.74) is 2.89. The van der Waals surface area contributed by atoms with Gasteiger partial charge in [-0.25, -0.2) is 4.98 Å². The van der Waals surface area contributed by atoms with Crippen LogP contribution in [0.2, 0.25) is 0 Å². The Balaban J connectivity index is 0.00000208. The highest BCUT2D eigenvalue weighted by Gasteiger charge is 2.18. The molecule has 0 amide bonds. The van der Waals surface area contributed by atoms with Gasteiger partial charge in [0.15, 0.2) is 5.96 Å². The van der Waals surface area contributed by atoms with Crippen molar-refractivity contribution in [2.24, 2.45) is 4.99 Å². The fourth-order valence-corrected chi connectivity index (χ4v) is 4.37. The third-order valence-electron chi connectivity index (χ3n) is 3.88. The van der Waals surface area contributed by atoms with Gasteiger partial charge < -0.3 is 10.2 Å². The average molecular weight is 474 g/mol. The smallest absolute Gasteiger partial charge is 0.193 e. The number of rotatable bonds is 5. The Morgan fingerprint density at radius 3 is 2.96 bits per heavy atom. The molecule has 0 bridgehead atoms. The number of hydrogen-bond acceptors (Lipinski definition) is 4. The molecule has 24 heavy (non-hydrogen) atoms. The zero-order chi connectivity index (χ0) is 15.9. The maximum absolute atomic E-state index is 4.45. The molecule has 0 spiro atoms. The van der Waals surface area contributed by atoms with Gasteiger partial charge in [-0.2, -0.15) is 0 Å². The minimum Gasteiger partial charge on any atom is -0.356 e. The zero-order valence-corrected chi connectivity index (χ0v) is 17.7. The number of thioether (sulfide) groups is 1. The van der Waals surface area contributed by atoms with Gasteiger partial charge in [0.2, 0.25) is 0 Å². The molecule has 0 saturated heterocycles. The fraction of sp³-hybridized carbons (Fsp3) is 0.412. The van der Waals surface area contributed by atoms with Gasteiger partial charge in [-0.05, 0) is 24.0 Å². The predicted octanol–water partition coefficient (Wildman–Crippen LogP) is 3.88. The van der Waals surface area contributed by atoms with Crippen LogP contribution in [0.1, 0.15) is 17.5 Å². The molecular weight excluding hydrogens is 451 g/mol. The van der Waals surface area contributed by atoms with E-state index < -0.39 is 0 Å². The summed E-state index contributed by atoms with van der Waals surface area (Å²) in [6.45, 7) is 2.93. The Morgan fingerprint density at radius 2 is 2.21 bits per heavy atom. The van der Waals surface area contributed by atoms with Crippen LogP contribution in [0, 0.1) is 0 Å². The van der Waals surface area contributed by atoms with E-state index in [-0.39, 0.29) is 24.0 Å². The number of hydrogen-bond donors (Lipinski definition) is 1. The van der Waals surface area contributed by atoms with Crippen LogP contribution < -0.4 is 5.32 Å². The number of thiazole rings is 1. The molecule has 0 saturated carbocycles. The molecule has 2 heterocycles. The Kier molecular flexibility index (Phi) is 8.34. The molecule has 1 aliphatic rings. The van der Waals surface area contributed by atoms with Crippen molar-refractivity contribution < 1.29 is 0 Å². The van der Waals surface area contributed by atoms with Crippen molar-refractivity contribution in [2.75, 3.05) is 25.9 Å². The molecule has 1 aromatic carbocycles. The number of aliphatic imine (C=N–C) groups is 1. The van der Waals surface area contributed by atoms with Crippen LogP contribution >= 0.6 is 47.1 Å². The zero-order valence-electron chi connectivity index (χ0n) is 13.8. The number of halogens is 1. The van der Waals surface area contributed by atoms with Gasteiger partial charge in [-0.3, -0.25) is 4.99 Å². The second-order valence-corrected chi connectivity index (χ2v) is 7.65. The molecule has 1 aliphatic heterocycles. The van der Waals surface area contributed by atoms with Crippen LogP contribution in [-0.2, 0) is 13.0 Å². The van der Waals surface area contributed by atoms with Gasteiger partial charge in [0.05, 0.1) is 0 Å². The summed E-state index contributed by atoms with van der Waals surface area (Å²) >= 11 is 3.53. The van der Waals surface area contributed by atoms with E-state index in [1.54, 1.807) is 11.3 Å². The van der Waals surface area contributed by atoms with E-state index in [1.807, 2.05) is 30.4 Å². The van der Waals surface area contributed by atoms with Crippen molar-refractivity contribution in [1.29, 1.82) is 0 Å². The lowest BCUT2D eigenvalue weighted by Gasteiger charge is -2.31. The number of benzene rings is 1. The molecule has 0 atom stereocenters. The number of fused-ring (bicyclic) bond motifs is 1. The van der Waals surface area contributed by atoms with Gasteiger partial charge in [-0.1, -0.05) is 36.0 Å². The highest BCUT2D eigenvalue weighted by atomic mass is 127. The first-order chi connectivity index (χ1) is 11.4. The van der Waals surface area contributed by atoms with Gasteiger partial charge >= 0.3 is 0 Å². The van der Waals surface area contributed by atoms with Crippen LogP contribution in [-0.4, -0.2) is 41.7 Å². The van der Waals surface area contributed by atoms with E-state index in [9.17, 15) is 0 Å². The van der Waals surface area contributed by atoms with Gasteiger partial charge in [0, 0.05) is 44.0 Å². The van der Waals surface area contributed by atoms with E-state index in [0.29, 0.717) is 0 Å². The maximum Gasteiger partial charge on any atom is 0.193 e. The first-order valence-corrected chi connectivity index (χ1v) is 9.78. The minimum absolute atomic E-state index is 0. The van der Waals surface area contributed by atoms with E-state index in [2.05, 4.69) is 44.5 Å². The van der Waals surface area contributed by atoms with Gasteiger partial charge in [0.25, 0.3) is 0 Å². The Bertz CT molecular complexity index is 646. The van der Waals surface area contributed by atoms with Crippen LogP contribution in [0.25, 0.3) is 0 Å². The Morgan fingerprint density at radius 1 is 1.38 bits per heavy atom. The van der Waals surface area contributed by atoms with E-state index in [1.165, 1.54) is 11.1 Å². The van der Waals surface area contributed by atoms with Crippen molar-refractivity contribution in [2.45, 2.75) is 23.7 Å². The van der Waals surface area contributed by atoms with E-state index in [0.717, 1.165) is 48.5 Å². The summed E-state index contributed by atoms with van der Waals surface area (Å²) in [4.78, 5) is 11.1. The van der Waals surface area contributed by atoms with Crippen molar-refractivity contribution in [3.05, 3.63) is 47.0 Å². The standard InChI is InChI=1S/C17H22N4S2.HI/c1-18-16(19-8-4-11-22-17-20-9-12-23-17)21-10-7-14-5-2-3-6-15(14)13-21;/h2-3,5-6,9,12H,4,7-8,10-11,13H2,1H3,(H,18,19);1H. The number of aromatic nitrogens is 1. The van der Waals surface area contributed by atoms with Crippen molar-refractivity contribution in [3.8, 4) is 0 Å². The lowest BCUT2D eigenvalue weighted by Crippen LogP contribution is -2.44. The summed E-state index contributed by atoms with van der Waals surface area (Å²) in [5, 5.41) is 5.52. The molecule has 130 valence electrons. The monoisotopic (exact) mass is 474 g/mol. The lowest BCUT2D eigenvalue weighted by atomic mass is 10.0. The molecular formula is C17H23IN4S2. The normalized spacial score (nSPS) is 14.0. The molecule has 0 fully saturated rings. The van der Waals surface area contributed by atoms with E-state index >= 15 is 0 Å². The van der Waals surface area contributed by atoms with Gasteiger partial charge in [-0.15, -0.1) is 35.3 Å². The van der Waals surface area contributed by atoms with Crippen molar-refractivity contribution in [1.82, 2.24) is 15.2 Å². The highest BCUT2D eigenvalue weighted by molar-refractivity contribution is 14.0. The van der Waals surface area contributed by atoms with Crippen molar-refractivity contribution >= 4 is 53.0 Å². The van der Waals surface area contributed by atoms with Crippen LogP contribution in [0.4, 0.5) is 0 Å². The quantitative estimate of drug-likeness (QED) is 0.235. The van der Waals surface area contributed by atoms with E-state index in [4.69, 9.17) is 0 Å². The summed E-state index contributed by atoms with van der Waals surface area (Å²) in [6.07, 6.45) is 4.06.